The molecule has 0 saturated heterocycles. The highest BCUT2D eigenvalue weighted by atomic mass is 32.1. The first-order chi connectivity index (χ1) is 17.0. The maximum Gasteiger partial charge on any atom is 0.427 e. The summed E-state index contributed by atoms with van der Waals surface area (Å²) in [6, 6.07) is 3.45. The first-order valence-corrected chi connectivity index (χ1v) is 11.0. The minimum atomic E-state index is -4.54. The van der Waals surface area contributed by atoms with E-state index in [9.17, 15) is 22.8 Å². The number of hydrogen-bond acceptors (Lipinski definition) is 9. The molecule has 0 saturated carbocycles. The Bertz CT molecular complexity index is 1330. The Kier molecular flexibility index (Phi) is 7.95. The average Bonchev–Trinajstić information content (AvgIpc) is 3.31. The summed E-state index contributed by atoms with van der Waals surface area (Å²) in [4.78, 5) is 41.5. The summed E-state index contributed by atoms with van der Waals surface area (Å²) in [5.41, 5.74) is 1.30. The Morgan fingerprint density at radius 2 is 1.86 bits per heavy atom. The van der Waals surface area contributed by atoms with Gasteiger partial charge in [-0.25, -0.2) is 9.97 Å². The third kappa shape index (κ3) is 6.60. The number of hydrogen-bond donors (Lipinski definition) is 2. The SMILES string of the molecule is CC(C(=O)Nc1ncc(C(F)(F)F)s1)c1cncc(-c2cnc(NC(=O)/C(C#N)=C/N(C)C)cn2)c1. The largest absolute Gasteiger partial charge is 0.427 e. The number of thiazole rings is 1. The number of halogens is 3. The Hall–Kier alpha value is -4.38. The van der Waals surface area contributed by atoms with E-state index in [1.54, 1.807) is 38.1 Å². The number of nitrogens with zero attached hydrogens (tertiary/aromatic N) is 6. The summed E-state index contributed by atoms with van der Waals surface area (Å²) >= 11 is 0.337. The van der Waals surface area contributed by atoms with Crippen LogP contribution in [0.4, 0.5) is 24.1 Å². The highest BCUT2D eigenvalue weighted by molar-refractivity contribution is 7.15. The number of alkyl halides is 3. The predicted molar refractivity (Wildman–Crippen MR) is 125 cm³/mol. The molecule has 0 aliphatic rings. The van der Waals surface area contributed by atoms with Crippen molar-refractivity contribution in [2.75, 3.05) is 24.7 Å². The maximum absolute atomic E-state index is 12.8. The molecule has 1 atom stereocenters. The molecule has 3 aromatic heterocycles. The second-order valence-electron chi connectivity index (χ2n) is 7.60. The zero-order valence-electron chi connectivity index (χ0n) is 19.2. The van der Waals surface area contributed by atoms with E-state index in [4.69, 9.17) is 5.26 Å². The summed E-state index contributed by atoms with van der Waals surface area (Å²) in [5.74, 6) is -1.82. The van der Waals surface area contributed by atoms with Gasteiger partial charge in [0.05, 0.1) is 30.2 Å². The van der Waals surface area contributed by atoms with Crippen LogP contribution < -0.4 is 10.6 Å². The van der Waals surface area contributed by atoms with Crippen molar-refractivity contribution in [3.8, 4) is 17.3 Å². The number of carbonyl (C=O) groups excluding carboxylic acids is 2. The van der Waals surface area contributed by atoms with Crippen molar-refractivity contribution in [2.24, 2.45) is 0 Å². The lowest BCUT2D eigenvalue weighted by Gasteiger charge is -2.12. The second kappa shape index (κ2) is 10.9. The van der Waals surface area contributed by atoms with Crippen LogP contribution in [0.25, 0.3) is 11.3 Å². The standard InChI is InChI=1S/C22H19F3N8O2S/c1-12(19(34)32-21-30-9-17(36-21)22(23,24)25)13-4-14(7-27-6-13)16-8-29-18(10-28-16)31-20(35)15(5-26)11-33(2)3/h4,6-12H,1-3H3,(H,29,31,35)(H,30,32,34)/b15-11+. The number of pyridine rings is 1. The summed E-state index contributed by atoms with van der Waals surface area (Å²) in [5, 5.41) is 13.8. The smallest absolute Gasteiger partial charge is 0.382 e. The van der Waals surface area contributed by atoms with Gasteiger partial charge in [-0.3, -0.25) is 19.6 Å². The maximum atomic E-state index is 12.8. The lowest BCUT2D eigenvalue weighted by Crippen LogP contribution is -2.19. The van der Waals surface area contributed by atoms with Crippen molar-refractivity contribution in [1.82, 2.24) is 24.8 Å². The molecule has 0 fully saturated rings. The van der Waals surface area contributed by atoms with Crippen LogP contribution in [0.15, 0.2) is 48.8 Å². The quantitative estimate of drug-likeness (QED) is 0.359. The van der Waals surface area contributed by atoms with Crippen LogP contribution in [-0.4, -0.2) is 50.7 Å². The number of anilines is 2. The molecule has 2 amide bonds. The molecule has 14 heteroatoms. The van der Waals surface area contributed by atoms with Gasteiger partial charge in [-0.15, -0.1) is 0 Å². The van der Waals surface area contributed by atoms with Crippen LogP contribution in [0.2, 0.25) is 0 Å². The molecule has 0 bridgehead atoms. The van der Waals surface area contributed by atoms with Gasteiger partial charge in [0, 0.05) is 38.3 Å². The third-order valence-electron chi connectivity index (χ3n) is 4.61. The lowest BCUT2D eigenvalue weighted by atomic mass is 10.0. The van der Waals surface area contributed by atoms with Gasteiger partial charge in [-0.2, -0.15) is 18.4 Å². The van der Waals surface area contributed by atoms with Crippen LogP contribution >= 0.6 is 11.3 Å². The summed E-state index contributed by atoms with van der Waals surface area (Å²) < 4.78 is 38.3. The van der Waals surface area contributed by atoms with E-state index in [1.807, 2.05) is 0 Å². The molecule has 10 nitrogen and oxygen atoms in total. The van der Waals surface area contributed by atoms with Gasteiger partial charge in [0.2, 0.25) is 5.91 Å². The Labute approximate surface area is 207 Å². The summed E-state index contributed by atoms with van der Waals surface area (Å²) in [6.07, 6.45) is 3.15. The number of amides is 2. The van der Waals surface area contributed by atoms with E-state index < -0.39 is 28.8 Å². The molecule has 0 aliphatic heterocycles. The predicted octanol–water partition coefficient (Wildman–Crippen LogP) is 3.66. The average molecular weight is 517 g/mol. The van der Waals surface area contributed by atoms with Crippen LogP contribution in [0.1, 0.15) is 23.3 Å². The first kappa shape index (κ1) is 26.2. The fraction of sp³-hybridized carbons (Fsp3) is 0.227. The van der Waals surface area contributed by atoms with E-state index in [1.165, 1.54) is 31.0 Å². The van der Waals surface area contributed by atoms with Crippen LogP contribution in [-0.2, 0) is 15.8 Å². The van der Waals surface area contributed by atoms with Crippen molar-refractivity contribution in [3.05, 3.63) is 59.3 Å². The minimum Gasteiger partial charge on any atom is -0.382 e. The number of nitrogens with one attached hydrogen (secondary N) is 2. The van der Waals surface area contributed by atoms with Gasteiger partial charge in [-0.05, 0) is 18.6 Å². The van der Waals surface area contributed by atoms with E-state index in [0.717, 1.165) is 0 Å². The number of aromatic nitrogens is 4. The zero-order valence-corrected chi connectivity index (χ0v) is 20.0. The lowest BCUT2D eigenvalue weighted by molar-refractivity contribution is -0.134. The molecule has 3 rings (SSSR count). The van der Waals surface area contributed by atoms with Crippen molar-refractivity contribution < 1.29 is 22.8 Å². The summed E-state index contributed by atoms with van der Waals surface area (Å²) in [7, 11) is 3.35. The Balaban J connectivity index is 1.70. The van der Waals surface area contributed by atoms with Crippen molar-refractivity contribution in [3.63, 3.8) is 0 Å². The monoisotopic (exact) mass is 516 g/mol. The van der Waals surface area contributed by atoms with Crippen molar-refractivity contribution in [2.45, 2.75) is 19.0 Å². The highest BCUT2D eigenvalue weighted by Crippen LogP contribution is 2.35. The number of rotatable bonds is 7. The van der Waals surface area contributed by atoms with Gasteiger partial charge in [0.25, 0.3) is 5.91 Å². The third-order valence-corrected chi connectivity index (χ3v) is 5.57. The van der Waals surface area contributed by atoms with Gasteiger partial charge in [0.15, 0.2) is 10.9 Å². The molecular formula is C22H19F3N8O2S. The molecule has 36 heavy (non-hydrogen) atoms. The van der Waals surface area contributed by atoms with Crippen molar-refractivity contribution >= 4 is 34.1 Å². The summed E-state index contributed by atoms with van der Waals surface area (Å²) in [6.45, 7) is 1.58. The molecule has 2 N–H and O–H groups in total. The Morgan fingerprint density at radius 3 is 2.44 bits per heavy atom. The van der Waals surface area contributed by atoms with Gasteiger partial charge >= 0.3 is 6.18 Å². The Morgan fingerprint density at radius 1 is 1.11 bits per heavy atom. The molecule has 0 radical (unpaired) electrons. The van der Waals surface area contributed by atoms with E-state index in [0.29, 0.717) is 34.4 Å². The fourth-order valence-corrected chi connectivity index (χ4v) is 3.47. The van der Waals surface area contributed by atoms with Crippen LogP contribution in [0.3, 0.4) is 0 Å². The minimum absolute atomic E-state index is 0.109. The molecule has 0 spiro atoms. The van der Waals surface area contributed by atoms with Crippen molar-refractivity contribution in [1.29, 1.82) is 5.26 Å². The van der Waals surface area contributed by atoms with E-state index in [2.05, 4.69) is 30.6 Å². The van der Waals surface area contributed by atoms with Crippen LogP contribution in [0, 0.1) is 11.3 Å². The number of carbonyl (C=O) groups is 2. The molecule has 0 aliphatic carbocycles. The van der Waals surface area contributed by atoms with E-state index >= 15 is 0 Å². The van der Waals surface area contributed by atoms with E-state index in [-0.39, 0.29) is 16.5 Å². The first-order valence-electron chi connectivity index (χ1n) is 10.2. The number of nitriles is 1. The highest BCUT2D eigenvalue weighted by Gasteiger charge is 2.33. The molecule has 3 heterocycles. The molecular weight excluding hydrogens is 497 g/mol. The molecule has 0 aromatic carbocycles. The second-order valence-corrected chi connectivity index (χ2v) is 8.64. The van der Waals surface area contributed by atoms with Gasteiger partial charge in [-0.1, -0.05) is 11.3 Å². The van der Waals surface area contributed by atoms with Gasteiger partial charge in [0.1, 0.15) is 16.5 Å². The molecule has 3 aromatic rings. The topological polar surface area (TPSA) is 137 Å². The van der Waals surface area contributed by atoms with Crippen LogP contribution in [0.5, 0.6) is 0 Å². The molecule has 1 unspecified atom stereocenters. The fourth-order valence-electron chi connectivity index (χ4n) is 2.78. The zero-order chi connectivity index (χ0) is 26.5. The molecule has 186 valence electrons. The van der Waals surface area contributed by atoms with Gasteiger partial charge < -0.3 is 15.5 Å². The normalized spacial score (nSPS) is 12.4.